The van der Waals surface area contributed by atoms with Gasteiger partial charge in [0.15, 0.2) is 4.34 Å². The molecule has 0 aromatic carbocycles. The number of hydrogen-bond acceptors (Lipinski definition) is 7. The summed E-state index contributed by atoms with van der Waals surface area (Å²) in [5.74, 6) is 7.64. The van der Waals surface area contributed by atoms with Crippen LogP contribution >= 0.6 is 23.1 Å². The standard InChI is InChI=1S/C11H13N5S2/c1-6-8(16-12)14-9(7-2-3-7)15-10(6)18-11-13-4-5-17-11/h4-5,7H,2-3,12H2,1H3,(H,14,15,16). The fraction of sp³-hybridized carbons (Fsp3) is 0.364. The van der Waals surface area contributed by atoms with Crippen LogP contribution in [0.25, 0.3) is 0 Å². The van der Waals surface area contributed by atoms with Crippen molar-refractivity contribution in [2.24, 2.45) is 5.84 Å². The summed E-state index contributed by atoms with van der Waals surface area (Å²) < 4.78 is 0.988. The van der Waals surface area contributed by atoms with Crippen molar-refractivity contribution in [3.63, 3.8) is 0 Å². The molecule has 2 aromatic rings. The second-order valence-electron chi connectivity index (χ2n) is 4.18. The Balaban J connectivity index is 1.98. The summed E-state index contributed by atoms with van der Waals surface area (Å²) >= 11 is 3.18. The number of hydrazine groups is 1. The van der Waals surface area contributed by atoms with Crippen molar-refractivity contribution in [3.05, 3.63) is 23.0 Å². The summed E-state index contributed by atoms with van der Waals surface area (Å²) in [4.78, 5) is 13.4. The maximum atomic E-state index is 5.52. The van der Waals surface area contributed by atoms with Crippen molar-refractivity contribution in [1.82, 2.24) is 15.0 Å². The van der Waals surface area contributed by atoms with Crippen molar-refractivity contribution in [2.45, 2.75) is 35.0 Å². The number of nitrogens with two attached hydrogens (primary N) is 1. The van der Waals surface area contributed by atoms with Crippen molar-refractivity contribution >= 4 is 28.9 Å². The first-order valence-electron chi connectivity index (χ1n) is 5.70. The highest BCUT2D eigenvalue weighted by atomic mass is 32.2. The molecule has 7 heteroatoms. The number of hydrogen-bond donors (Lipinski definition) is 2. The highest BCUT2D eigenvalue weighted by Crippen LogP contribution is 2.40. The van der Waals surface area contributed by atoms with Gasteiger partial charge in [0.05, 0.1) is 0 Å². The summed E-state index contributed by atoms with van der Waals surface area (Å²) in [6.45, 7) is 1.97. The van der Waals surface area contributed by atoms with Gasteiger partial charge in [0.2, 0.25) is 0 Å². The van der Waals surface area contributed by atoms with Gasteiger partial charge in [0, 0.05) is 23.1 Å². The molecule has 0 aliphatic heterocycles. The van der Waals surface area contributed by atoms with Gasteiger partial charge in [-0.3, -0.25) is 0 Å². The molecule has 3 N–H and O–H groups in total. The van der Waals surface area contributed by atoms with Gasteiger partial charge >= 0.3 is 0 Å². The zero-order chi connectivity index (χ0) is 12.5. The average Bonchev–Trinajstić information content (AvgIpc) is 3.11. The van der Waals surface area contributed by atoms with E-state index in [0.717, 1.165) is 20.8 Å². The molecule has 0 amide bonds. The number of nitrogen functional groups attached to an aromatic ring is 1. The van der Waals surface area contributed by atoms with E-state index in [1.807, 2.05) is 12.3 Å². The molecule has 2 heterocycles. The maximum Gasteiger partial charge on any atom is 0.156 e. The highest BCUT2D eigenvalue weighted by molar-refractivity contribution is 8.01. The molecular weight excluding hydrogens is 266 g/mol. The Bertz CT molecular complexity index is 551. The van der Waals surface area contributed by atoms with Gasteiger partial charge in [0.25, 0.3) is 0 Å². The average molecular weight is 279 g/mol. The summed E-state index contributed by atoms with van der Waals surface area (Å²) in [5.41, 5.74) is 3.63. The third kappa shape index (κ3) is 2.33. The number of nitrogens with zero attached hydrogens (tertiary/aromatic N) is 3. The van der Waals surface area contributed by atoms with Crippen LogP contribution in [0.3, 0.4) is 0 Å². The topological polar surface area (TPSA) is 76.7 Å². The fourth-order valence-electron chi connectivity index (χ4n) is 1.62. The van der Waals surface area contributed by atoms with E-state index in [2.05, 4.69) is 20.4 Å². The van der Waals surface area contributed by atoms with Crippen LogP contribution < -0.4 is 11.3 Å². The van der Waals surface area contributed by atoms with Crippen LogP contribution in [0.4, 0.5) is 5.82 Å². The number of thiazole rings is 1. The summed E-state index contributed by atoms with van der Waals surface area (Å²) in [7, 11) is 0. The smallest absolute Gasteiger partial charge is 0.156 e. The van der Waals surface area contributed by atoms with Crippen LogP contribution in [0.15, 0.2) is 20.9 Å². The molecule has 5 nitrogen and oxygen atoms in total. The molecule has 0 radical (unpaired) electrons. The predicted octanol–water partition coefficient (Wildman–Crippen LogP) is 2.56. The molecule has 0 saturated heterocycles. The normalized spacial score (nSPS) is 14.8. The highest BCUT2D eigenvalue weighted by Gasteiger charge is 2.28. The van der Waals surface area contributed by atoms with Crippen molar-refractivity contribution in [1.29, 1.82) is 0 Å². The Labute approximate surface area is 113 Å². The van der Waals surface area contributed by atoms with Crippen molar-refractivity contribution in [2.75, 3.05) is 5.43 Å². The quantitative estimate of drug-likeness (QED) is 0.509. The van der Waals surface area contributed by atoms with Gasteiger partial charge in [-0.15, -0.1) is 11.3 Å². The zero-order valence-electron chi connectivity index (χ0n) is 9.88. The van der Waals surface area contributed by atoms with Gasteiger partial charge in [0.1, 0.15) is 16.7 Å². The molecule has 0 bridgehead atoms. The summed E-state index contributed by atoms with van der Waals surface area (Å²) in [6, 6.07) is 0. The van der Waals surface area contributed by atoms with Gasteiger partial charge in [-0.1, -0.05) is 0 Å². The van der Waals surface area contributed by atoms with Crippen LogP contribution in [0.2, 0.25) is 0 Å². The van der Waals surface area contributed by atoms with Crippen molar-refractivity contribution < 1.29 is 0 Å². The lowest BCUT2D eigenvalue weighted by molar-refractivity contribution is 0.862. The lowest BCUT2D eigenvalue weighted by Gasteiger charge is -2.10. The minimum atomic E-state index is 0.508. The molecule has 0 spiro atoms. The second-order valence-corrected chi connectivity index (χ2v) is 6.31. The maximum absolute atomic E-state index is 5.52. The third-order valence-electron chi connectivity index (χ3n) is 2.79. The molecule has 0 atom stereocenters. The lowest BCUT2D eigenvalue weighted by Crippen LogP contribution is -2.13. The minimum absolute atomic E-state index is 0.508. The number of nitrogens with one attached hydrogen (secondary N) is 1. The van der Waals surface area contributed by atoms with E-state index in [1.165, 1.54) is 12.8 Å². The van der Waals surface area contributed by atoms with E-state index < -0.39 is 0 Å². The minimum Gasteiger partial charge on any atom is -0.308 e. The van der Waals surface area contributed by atoms with Crippen molar-refractivity contribution in [3.8, 4) is 0 Å². The predicted molar refractivity (Wildman–Crippen MR) is 72.8 cm³/mol. The fourth-order valence-corrected chi connectivity index (χ4v) is 3.24. The molecule has 0 unspecified atom stereocenters. The van der Waals surface area contributed by atoms with Gasteiger partial charge in [-0.2, -0.15) is 0 Å². The van der Waals surface area contributed by atoms with Crippen LogP contribution in [-0.2, 0) is 0 Å². The number of aromatic nitrogens is 3. The van der Waals surface area contributed by atoms with E-state index in [1.54, 1.807) is 29.3 Å². The first-order valence-corrected chi connectivity index (χ1v) is 7.40. The molecular formula is C11H13N5S2. The molecule has 2 aromatic heterocycles. The Kier molecular flexibility index (Phi) is 3.19. The Morgan fingerprint density at radius 2 is 2.28 bits per heavy atom. The summed E-state index contributed by atoms with van der Waals surface area (Å²) in [6.07, 6.45) is 4.15. The Hall–Kier alpha value is -1.18. The van der Waals surface area contributed by atoms with E-state index in [9.17, 15) is 0 Å². The van der Waals surface area contributed by atoms with E-state index in [-0.39, 0.29) is 0 Å². The first kappa shape index (κ1) is 11.9. The summed E-state index contributed by atoms with van der Waals surface area (Å²) in [5, 5.41) is 2.90. The van der Waals surface area contributed by atoms with Gasteiger partial charge in [-0.05, 0) is 31.5 Å². The van der Waals surface area contributed by atoms with Crippen LogP contribution in [0.5, 0.6) is 0 Å². The molecule has 18 heavy (non-hydrogen) atoms. The first-order chi connectivity index (χ1) is 8.78. The van der Waals surface area contributed by atoms with Crippen LogP contribution in [0, 0.1) is 6.92 Å². The SMILES string of the molecule is Cc1c(NN)nc(C2CC2)nc1Sc1nccs1. The second kappa shape index (κ2) is 4.83. The Morgan fingerprint density at radius 3 is 2.89 bits per heavy atom. The molecule has 3 rings (SSSR count). The number of anilines is 1. The number of rotatable bonds is 4. The largest absolute Gasteiger partial charge is 0.308 e. The molecule has 1 aliphatic carbocycles. The van der Waals surface area contributed by atoms with E-state index >= 15 is 0 Å². The Morgan fingerprint density at radius 1 is 1.44 bits per heavy atom. The molecule has 1 aliphatic rings. The molecule has 94 valence electrons. The van der Waals surface area contributed by atoms with Crippen LogP contribution in [0.1, 0.15) is 30.1 Å². The van der Waals surface area contributed by atoms with E-state index in [0.29, 0.717) is 11.7 Å². The van der Waals surface area contributed by atoms with E-state index in [4.69, 9.17) is 5.84 Å². The zero-order valence-corrected chi connectivity index (χ0v) is 11.5. The monoisotopic (exact) mass is 279 g/mol. The van der Waals surface area contributed by atoms with Gasteiger partial charge < -0.3 is 5.43 Å². The van der Waals surface area contributed by atoms with Crippen LogP contribution in [-0.4, -0.2) is 15.0 Å². The van der Waals surface area contributed by atoms with Gasteiger partial charge in [-0.25, -0.2) is 20.8 Å². The molecule has 1 fully saturated rings. The lowest BCUT2D eigenvalue weighted by atomic mass is 10.3. The molecule has 1 saturated carbocycles. The third-order valence-corrected chi connectivity index (χ3v) is 4.77.